The van der Waals surface area contributed by atoms with Gasteiger partial charge in [-0.25, -0.2) is 0 Å². The molecular weight excluding hydrogens is 262 g/mol. The molecule has 1 nitrogen and oxygen atoms in total. The van der Waals surface area contributed by atoms with Crippen molar-refractivity contribution >= 4 is 18.3 Å². The van der Waals surface area contributed by atoms with E-state index in [4.69, 9.17) is 0 Å². The monoisotopic (exact) mass is 293 g/mol. The highest BCUT2D eigenvalue weighted by Crippen LogP contribution is 2.34. The van der Waals surface area contributed by atoms with Gasteiger partial charge in [0.1, 0.15) is 0 Å². The predicted molar refractivity (Wildman–Crippen MR) is 95.3 cm³/mol. The first-order valence-electron chi connectivity index (χ1n) is 7.87. The summed E-state index contributed by atoms with van der Waals surface area (Å²) >= 11 is 4.67. The summed E-state index contributed by atoms with van der Waals surface area (Å²) in [5.74, 6) is 0.976. The van der Waals surface area contributed by atoms with Crippen LogP contribution in [0.1, 0.15) is 50.7 Å². The van der Waals surface area contributed by atoms with Gasteiger partial charge in [-0.15, -0.1) is 0 Å². The molecule has 0 fully saturated rings. The molecule has 20 heavy (non-hydrogen) atoms. The van der Waals surface area contributed by atoms with E-state index < -0.39 is 0 Å². The van der Waals surface area contributed by atoms with E-state index in [9.17, 15) is 0 Å². The number of hydrogen-bond acceptors (Lipinski definition) is 2. The molecular formula is C18H31NS. The Bertz CT molecular complexity index is 408. The van der Waals surface area contributed by atoms with Gasteiger partial charge in [0.15, 0.2) is 0 Å². The van der Waals surface area contributed by atoms with E-state index in [1.165, 1.54) is 42.5 Å². The van der Waals surface area contributed by atoms with Crippen LogP contribution in [0.2, 0.25) is 0 Å². The molecule has 1 rings (SSSR count). The molecule has 0 saturated carbocycles. The number of nitrogens with zero attached hydrogens (tertiary/aromatic N) is 1. The lowest BCUT2D eigenvalue weighted by Crippen LogP contribution is -2.37. The van der Waals surface area contributed by atoms with Gasteiger partial charge in [-0.1, -0.05) is 44.4 Å². The van der Waals surface area contributed by atoms with Crippen LogP contribution in [0, 0.1) is 19.3 Å². The first-order valence-corrected chi connectivity index (χ1v) is 8.50. The first kappa shape index (κ1) is 17.4. The highest BCUT2D eigenvalue weighted by molar-refractivity contribution is 7.80. The van der Waals surface area contributed by atoms with Crippen LogP contribution in [0.5, 0.6) is 0 Å². The topological polar surface area (TPSA) is 3.24 Å². The molecule has 1 aromatic rings. The molecule has 0 amide bonds. The Morgan fingerprint density at radius 3 is 2.15 bits per heavy atom. The summed E-state index contributed by atoms with van der Waals surface area (Å²) in [6, 6.07) is 6.74. The van der Waals surface area contributed by atoms with E-state index in [-0.39, 0.29) is 0 Å². The normalized spacial score (nSPS) is 11.7. The summed E-state index contributed by atoms with van der Waals surface area (Å²) < 4.78 is 0. The second-order valence-corrected chi connectivity index (χ2v) is 6.62. The van der Waals surface area contributed by atoms with Crippen molar-refractivity contribution in [2.24, 2.45) is 5.41 Å². The molecule has 0 bridgehead atoms. The fraction of sp³-hybridized carbons (Fsp3) is 0.667. The van der Waals surface area contributed by atoms with Crippen molar-refractivity contribution in [2.75, 3.05) is 24.2 Å². The zero-order valence-corrected chi connectivity index (χ0v) is 14.8. The van der Waals surface area contributed by atoms with Gasteiger partial charge in [0.2, 0.25) is 0 Å². The molecule has 114 valence electrons. The minimum atomic E-state index is 0.346. The largest absolute Gasteiger partial charge is 0.374 e. The molecule has 0 aromatic heterocycles. The van der Waals surface area contributed by atoms with E-state index in [1.807, 2.05) is 0 Å². The van der Waals surface area contributed by atoms with Crippen LogP contribution in [0.25, 0.3) is 0 Å². The minimum Gasteiger partial charge on any atom is -0.374 e. The minimum absolute atomic E-state index is 0.346. The highest BCUT2D eigenvalue weighted by atomic mass is 32.1. The summed E-state index contributed by atoms with van der Waals surface area (Å²) in [7, 11) is 2.22. The lowest BCUT2D eigenvalue weighted by Gasteiger charge is -2.37. The maximum atomic E-state index is 4.67. The van der Waals surface area contributed by atoms with Crippen LogP contribution in [-0.2, 0) is 0 Å². The molecule has 0 saturated heterocycles. The summed E-state index contributed by atoms with van der Waals surface area (Å²) in [4.78, 5) is 2.43. The van der Waals surface area contributed by atoms with Crippen molar-refractivity contribution in [1.82, 2.24) is 0 Å². The van der Waals surface area contributed by atoms with Gasteiger partial charge >= 0.3 is 0 Å². The standard InChI is InChI=1S/C18H31NS/c1-6-10-18(14-20,11-7-2)13-19(5)17-9-8-15(3)12-16(17)4/h8-9,12,20H,6-7,10-11,13-14H2,1-5H3. The molecule has 0 aliphatic rings. The Labute approximate surface area is 131 Å². The van der Waals surface area contributed by atoms with E-state index in [0.717, 1.165) is 12.3 Å². The number of benzene rings is 1. The molecule has 0 heterocycles. The zero-order valence-electron chi connectivity index (χ0n) is 13.9. The lowest BCUT2D eigenvalue weighted by atomic mass is 9.80. The molecule has 0 radical (unpaired) electrons. The number of aryl methyl sites for hydroxylation is 2. The SMILES string of the molecule is CCCC(CS)(CCC)CN(C)c1ccc(C)cc1C. The summed E-state index contributed by atoms with van der Waals surface area (Å²) in [6.07, 6.45) is 5.00. The van der Waals surface area contributed by atoms with Crippen LogP contribution in [0.15, 0.2) is 18.2 Å². The molecule has 2 heteroatoms. The van der Waals surface area contributed by atoms with E-state index in [0.29, 0.717) is 5.41 Å². The van der Waals surface area contributed by atoms with Crippen molar-refractivity contribution in [3.63, 3.8) is 0 Å². The Balaban J connectivity index is 2.91. The van der Waals surface area contributed by atoms with Gasteiger partial charge in [-0.3, -0.25) is 0 Å². The van der Waals surface area contributed by atoms with Crippen LogP contribution in [-0.4, -0.2) is 19.3 Å². The number of anilines is 1. The van der Waals surface area contributed by atoms with Gasteiger partial charge < -0.3 is 4.90 Å². The Morgan fingerprint density at radius 2 is 1.70 bits per heavy atom. The number of thiol groups is 1. The predicted octanol–water partition coefficient (Wildman–Crippen LogP) is 5.26. The summed E-state index contributed by atoms with van der Waals surface area (Å²) in [5, 5.41) is 0. The van der Waals surface area contributed by atoms with Crippen LogP contribution in [0.3, 0.4) is 0 Å². The van der Waals surface area contributed by atoms with Crippen LogP contribution < -0.4 is 4.90 Å². The van der Waals surface area contributed by atoms with Gasteiger partial charge in [-0.05, 0) is 49.5 Å². The van der Waals surface area contributed by atoms with Crippen molar-refractivity contribution in [3.8, 4) is 0 Å². The maximum Gasteiger partial charge on any atom is 0.0393 e. The molecule has 1 aromatic carbocycles. The number of rotatable bonds is 8. The third-order valence-corrected chi connectivity index (χ3v) is 4.90. The average Bonchev–Trinajstić information content (AvgIpc) is 2.38. The van der Waals surface area contributed by atoms with Gasteiger partial charge in [0.05, 0.1) is 0 Å². The van der Waals surface area contributed by atoms with E-state index in [1.54, 1.807) is 0 Å². The Kier molecular flexibility index (Phi) is 6.94. The fourth-order valence-corrected chi connectivity index (χ4v) is 3.79. The van der Waals surface area contributed by atoms with Gasteiger partial charge in [-0.2, -0.15) is 12.6 Å². The third kappa shape index (κ3) is 4.44. The molecule has 0 aliphatic heterocycles. The highest BCUT2D eigenvalue weighted by Gasteiger charge is 2.28. The zero-order chi connectivity index (χ0) is 15.2. The number of hydrogen-bond donors (Lipinski definition) is 1. The average molecular weight is 294 g/mol. The van der Waals surface area contributed by atoms with Gasteiger partial charge in [0.25, 0.3) is 0 Å². The Morgan fingerprint density at radius 1 is 1.10 bits per heavy atom. The molecule has 0 spiro atoms. The lowest BCUT2D eigenvalue weighted by molar-refractivity contribution is 0.282. The smallest absolute Gasteiger partial charge is 0.0393 e. The second kappa shape index (κ2) is 7.97. The second-order valence-electron chi connectivity index (χ2n) is 6.30. The van der Waals surface area contributed by atoms with Crippen LogP contribution >= 0.6 is 12.6 Å². The fourth-order valence-electron chi connectivity index (χ4n) is 3.37. The van der Waals surface area contributed by atoms with E-state index in [2.05, 4.69) is 70.5 Å². The molecule has 0 aliphatic carbocycles. The quantitative estimate of drug-likeness (QED) is 0.640. The molecule has 0 unspecified atom stereocenters. The third-order valence-electron chi connectivity index (χ3n) is 4.23. The van der Waals surface area contributed by atoms with E-state index >= 15 is 0 Å². The van der Waals surface area contributed by atoms with Crippen molar-refractivity contribution < 1.29 is 0 Å². The molecule has 0 atom stereocenters. The van der Waals surface area contributed by atoms with Crippen LogP contribution in [0.4, 0.5) is 5.69 Å². The van der Waals surface area contributed by atoms with Crippen molar-refractivity contribution in [2.45, 2.75) is 53.4 Å². The summed E-state index contributed by atoms with van der Waals surface area (Å²) in [6.45, 7) is 10.0. The first-order chi connectivity index (χ1) is 9.48. The van der Waals surface area contributed by atoms with Gasteiger partial charge in [0, 0.05) is 19.3 Å². The maximum absolute atomic E-state index is 4.67. The Hall–Kier alpha value is -0.630. The molecule has 0 N–H and O–H groups in total. The van der Waals surface area contributed by atoms with Crippen molar-refractivity contribution in [1.29, 1.82) is 0 Å². The summed E-state index contributed by atoms with van der Waals surface area (Å²) in [5.41, 5.74) is 4.41. The van der Waals surface area contributed by atoms with Crippen molar-refractivity contribution in [3.05, 3.63) is 29.3 Å².